The number of carbonyl (C=O) groups excluding carboxylic acids is 1. The normalized spacial score (nSPS) is 51.4. The summed E-state index contributed by atoms with van der Waals surface area (Å²) in [5.74, 6) is -0.964. The van der Waals surface area contributed by atoms with Gasteiger partial charge in [-0.15, -0.1) is 0 Å². The van der Waals surface area contributed by atoms with Crippen LogP contribution < -0.4 is 0 Å². The number of hydrogen-bond acceptors (Lipinski definition) is 5. The quantitative estimate of drug-likeness (QED) is 0.479. The van der Waals surface area contributed by atoms with Crippen molar-refractivity contribution in [2.75, 3.05) is 0 Å². The van der Waals surface area contributed by atoms with Crippen molar-refractivity contribution < 1.29 is 23.7 Å². The Bertz CT molecular complexity index is 318. The first-order valence-corrected chi connectivity index (χ1v) is 5.75. The Morgan fingerprint density at radius 2 is 1.93 bits per heavy atom. The van der Waals surface area contributed by atoms with Crippen molar-refractivity contribution in [3.05, 3.63) is 0 Å². The van der Waals surface area contributed by atoms with Gasteiger partial charge in [-0.05, 0) is 13.8 Å². The maximum atomic E-state index is 11.3. The van der Waals surface area contributed by atoms with Crippen LogP contribution >= 0.6 is 15.9 Å². The first-order valence-electron chi connectivity index (χ1n) is 4.84. The van der Waals surface area contributed by atoms with Gasteiger partial charge in [-0.25, -0.2) is 0 Å². The fraction of sp³-hybridized carbons (Fsp3) is 0.889. The van der Waals surface area contributed by atoms with Crippen molar-refractivity contribution in [1.29, 1.82) is 0 Å². The lowest BCUT2D eigenvalue weighted by Gasteiger charge is -2.20. The van der Waals surface area contributed by atoms with E-state index in [0.29, 0.717) is 0 Å². The molecule has 3 heterocycles. The number of halogens is 1. The molecule has 0 bridgehead atoms. The predicted octanol–water partition coefficient (Wildman–Crippen LogP) is 0.552. The third kappa shape index (κ3) is 1.35. The van der Waals surface area contributed by atoms with Crippen molar-refractivity contribution in [3.63, 3.8) is 0 Å². The predicted molar refractivity (Wildman–Crippen MR) is 51.3 cm³/mol. The summed E-state index contributed by atoms with van der Waals surface area (Å²) in [5, 5.41) is 0. The maximum absolute atomic E-state index is 11.3. The molecule has 3 aliphatic rings. The van der Waals surface area contributed by atoms with Gasteiger partial charge < -0.3 is 18.9 Å². The van der Waals surface area contributed by atoms with E-state index < -0.39 is 16.9 Å². The summed E-state index contributed by atoms with van der Waals surface area (Å²) in [4.78, 5) is 10.9. The topological polar surface area (TPSA) is 54.0 Å². The van der Waals surface area contributed by atoms with Crippen LogP contribution in [0.5, 0.6) is 0 Å². The van der Waals surface area contributed by atoms with Crippen LogP contribution in [0.15, 0.2) is 0 Å². The zero-order chi connectivity index (χ0) is 10.8. The second kappa shape index (κ2) is 2.94. The van der Waals surface area contributed by atoms with E-state index in [4.69, 9.17) is 18.9 Å². The monoisotopic (exact) mass is 278 g/mol. The molecule has 3 rings (SSSR count). The third-order valence-corrected chi connectivity index (χ3v) is 3.69. The minimum absolute atomic E-state index is 0.295. The molecule has 0 aromatic carbocycles. The fourth-order valence-corrected chi connectivity index (χ4v) is 2.74. The lowest BCUT2D eigenvalue weighted by atomic mass is 10.1. The summed E-state index contributed by atoms with van der Waals surface area (Å²) in [5.41, 5.74) is 0. The van der Waals surface area contributed by atoms with Gasteiger partial charge in [-0.3, -0.25) is 4.79 Å². The largest absolute Gasteiger partial charge is 0.456 e. The second-order valence-electron chi connectivity index (χ2n) is 4.37. The number of fused-ring (bicyclic) bond motifs is 3. The van der Waals surface area contributed by atoms with Gasteiger partial charge in [0.05, 0.1) is 0 Å². The van der Waals surface area contributed by atoms with Crippen LogP contribution in [0.25, 0.3) is 0 Å². The molecule has 5 atom stereocenters. The summed E-state index contributed by atoms with van der Waals surface area (Å²) >= 11 is 3.24. The molecule has 0 aromatic heterocycles. The van der Waals surface area contributed by atoms with Crippen LogP contribution in [0, 0.1) is 0 Å². The Morgan fingerprint density at radius 1 is 1.20 bits per heavy atom. The Labute approximate surface area is 95.1 Å². The standard InChI is InChI=1S/C9H11BrO5/c1-9(2)14-6-5-4(13-8(6)15-9)3(10)7(11)12-5/h3-6,8H,1-2H3. The number of carbonyl (C=O) groups is 1. The van der Waals surface area contributed by atoms with Gasteiger partial charge in [0, 0.05) is 0 Å². The summed E-state index contributed by atoms with van der Waals surface area (Å²) in [6.45, 7) is 3.62. The lowest BCUT2D eigenvalue weighted by molar-refractivity contribution is -0.209. The average Bonchev–Trinajstić information content (AvgIpc) is 2.66. The molecule has 6 heteroatoms. The Balaban J connectivity index is 1.83. The third-order valence-electron chi connectivity index (χ3n) is 2.79. The van der Waals surface area contributed by atoms with E-state index in [9.17, 15) is 4.79 Å². The molecular formula is C9H11BrO5. The highest BCUT2D eigenvalue weighted by Crippen LogP contribution is 2.43. The number of ether oxygens (including phenoxy) is 4. The summed E-state index contributed by atoms with van der Waals surface area (Å²) in [7, 11) is 0. The zero-order valence-corrected chi connectivity index (χ0v) is 9.89. The molecule has 3 saturated heterocycles. The van der Waals surface area contributed by atoms with Crippen molar-refractivity contribution >= 4 is 21.9 Å². The van der Waals surface area contributed by atoms with Gasteiger partial charge in [0.25, 0.3) is 0 Å². The van der Waals surface area contributed by atoms with E-state index in [1.807, 2.05) is 13.8 Å². The molecule has 0 saturated carbocycles. The summed E-state index contributed by atoms with van der Waals surface area (Å²) in [6, 6.07) is 0. The highest BCUT2D eigenvalue weighted by Gasteiger charge is 2.62. The van der Waals surface area contributed by atoms with Crippen LogP contribution in [-0.2, 0) is 23.7 Å². The van der Waals surface area contributed by atoms with Gasteiger partial charge in [-0.1, -0.05) is 15.9 Å². The molecule has 5 unspecified atom stereocenters. The molecule has 0 spiro atoms. The highest BCUT2D eigenvalue weighted by atomic mass is 79.9. The van der Waals surface area contributed by atoms with E-state index in [-0.39, 0.29) is 24.3 Å². The van der Waals surface area contributed by atoms with Gasteiger partial charge in [0.2, 0.25) is 0 Å². The number of esters is 1. The minimum atomic E-state index is -0.670. The van der Waals surface area contributed by atoms with Crippen LogP contribution in [0.1, 0.15) is 13.8 Å². The molecule has 15 heavy (non-hydrogen) atoms. The molecule has 3 aliphatic heterocycles. The molecule has 0 amide bonds. The number of rotatable bonds is 0. The smallest absolute Gasteiger partial charge is 0.323 e. The molecule has 84 valence electrons. The van der Waals surface area contributed by atoms with Crippen LogP contribution in [-0.4, -0.2) is 41.2 Å². The van der Waals surface area contributed by atoms with E-state index >= 15 is 0 Å². The minimum Gasteiger partial charge on any atom is -0.456 e. The SMILES string of the molecule is CC1(C)OC2OC3C(Br)C(=O)OC3C2O1. The van der Waals surface area contributed by atoms with Gasteiger partial charge in [-0.2, -0.15) is 0 Å². The molecule has 5 nitrogen and oxygen atoms in total. The van der Waals surface area contributed by atoms with Gasteiger partial charge in [0.15, 0.2) is 24.3 Å². The first kappa shape index (κ1) is 10.0. The van der Waals surface area contributed by atoms with E-state index in [2.05, 4.69) is 15.9 Å². The van der Waals surface area contributed by atoms with E-state index in [1.165, 1.54) is 0 Å². The van der Waals surface area contributed by atoms with Gasteiger partial charge >= 0.3 is 5.97 Å². The molecule has 0 radical (unpaired) electrons. The van der Waals surface area contributed by atoms with Crippen molar-refractivity contribution in [2.45, 2.75) is 49.1 Å². The van der Waals surface area contributed by atoms with Crippen molar-refractivity contribution in [1.82, 2.24) is 0 Å². The average molecular weight is 279 g/mol. The maximum Gasteiger partial charge on any atom is 0.323 e. The Morgan fingerprint density at radius 3 is 2.67 bits per heavy atom. The van der Waals surface area contributed by atoms with E-state index in [1.54, 1.807) is 0 Å². The first-order chi connectivity index (χ1) is 6.98. The van der Waals surface area contributed by atoms with Crippen LogP contribution in [0.3, 0.4) is 0 Å². The summed E-state index contributed by atoms with van der Waals surface area (Å²) < 4.78 is 22.0. The molecule has 0 aliphatic carbocycles. The van der Waals surface area contributed by atoms with E-state index in [0.717, 1.165) is 0 Å². The van der Waals surface area contributed by atoms with Crippen LogP contribution in [0.2, 0.25) is 0 Å². The highest BCUT2D eigenvalue weighted by molar-refractivity contribution is 9.10. The molecule has 3 fully saturated rings. The fourth-order valence-electron chi connectivity index (χ4n) is 2.21. The van der Waals surface area contributed by atoms with Crippen LogP contribution in [0.4, 0.5) is 0 Å². The number of hydrogen-bond donors (Lipinski definition) is 0. The molecule has 0 N–H and O–H groups in total. The Kier molecular flexibility index (Phi) is 1.96. The van der Waals surface area contributed by atoms with Crippen molar-refractivity contribution in [3.8, 4) is 0 Å². The van der Waals surface area contributed by atoms with Gasteiger partial charge in [0.1, 0.15) is 10.9 Å². The second-order valence-corrected chi connectivity index (χ2v) is 5.36. The Hall–Kier alpha value is -0.170. The number of alkyl halides is 1. The molecule has 0 aromatic rings. The summed E-state index contributed by atoms with van der Waals surface area (Å²) in [6.07, 6.45) is -1.39. The molecular weight excluding hydrogens is 268 g/mol. The van der Waals surface area contributed by atoms with Crippen molar-refractivity contribution in [2.24, 2.45) is 0 Å². The zero-order valence-electron chi connectivity index (χ0n) is 8.31. The lowest BCUT2D eigenvalue weighted by Crippen LogP contribution is -2.33.